The Hall–Kier alpha value is -2.55. The first-order chi connectivity index (χ1) is 9.15. The molecule has 0 atom stereocenters. The summed E-state index contributed by atoms with van der Waals surface area (Å²) in [6.45, 7) is 1.93. The van der Waals surface area contributed by atoms with Crippen LogP contribution in [0.5, 0.6) is 0 Å². The summed E-state index contributed by atoms with van der Waals surface area (Å²) in [6, 6.07) is 14.7. The van der Waals surface area contributed by atoms with E-state index >= 15 is 0 Å². The molecule has 0 aliphatic heterocycles. The Labute approximate surface area is 110 Å². The molecule has 0 radical (unpaired) electrons. The number of nitrogen functional groups attached to an aromatic ring is 1. The fourth-order valence-electron chi connectivity index (χ4n) is 2.09. The van der Waals surface area contributed by atoms with Gasteiger partial charge in [-0.1, -0.05) is 29.8 Å². The van der Waals surface area contributed by atoms with Gasteiger partial charge < -0.3 is 10.2 Å². The predicted molar refractivity (Wildman–Crippen MR) is 75.2 cm³/mol. The highest BCUT2D eigenvalue weighted by molar-refractivity contribution is 6.12. The maximum Gasteiger partial charge on any atom is 0.230 e. The Morgan fingerprint density at radius 1 is 1.11 bits per heavy atom. The summed E-state index contributed by atoms with van der Waals surface area (Å²) in [5.74, 6) is 0.135. The van der Waals surface area contributed by atoms with Gasteiger partial charge in [-0.05, 0) is 31.2 Å². The van der Waals surface area contributed by atoms with Crippen molar-refractivity contribution in [2.45, 2.75) is 6.92 Å². The number of benzene rings is 2. The van der Waals surface area contributed by atoms with Crippen molar-refractivity contribution >= 4 is 22.4 Å². The van der Waals surface area contributed by atoms with Gasteiger partial charge in [0.15, 0.2) is 5.76 Å². The third-order valence-electron chi connectivity index (χ3n) is 3.10. The molecule has 0 saturated heterocycles. The molecule has 19 heavy (non-hydrogen) atoms. The van der Waals surface area contributed by atoms with Crippen LogP contribution in [0.15, 0.2) is 52.9 Å². The lowest BCUT2D eigenvalue weighted by Crippen LogP contribution is -2.04. The van der Waals surface area contributed by atoms with E-state index in [1.54, 1.807) is 18.2 Å². The van der Waals surface area contributed by atoms with Crippen LogP contribution in [0.3, 0.4) is 0 Å². The number of hydrogen-bond donors (Lipinski definition) is 1. The number of rotatable bonds is 2. The van der Waals surface area contributed by atoms with Gasteiger partial charge in [-0.3, -0.25) is 4.79 Å². The number of furan rings is 1. The molecule has 2 aromatic carbocycles. The molecule has 0 unspecified atom stereocenters. The van der Waals surface area contributed by atoms with Crippen LogP contribution >= 0.6 is 0 Å². The molecular weight excluding hydrogens is 238 g/mol. The van der Waals surface area contributed by atoms with Crippen LogP contribution in [0.25, 0.3) is 11.0 Å². The molecule has 2 N–H and O–H groups in total. The molecule has 1 heterocycles. The molecule has 0 saturated carbocycles. The number of hydrogen-bond acceptors (Lipinski definition) is 3. The van der Waals surface area contributed by atoms with Gasteiger partial charge >= 0.3 is 0 Å². The molecule has 0 amide bonds. The Bertz CT molecular complexity index is 738. The second-order valence-electron chi connectivity index (χ2n) is 4.57. The highest BCUT2D eigenvalue weighted by Gasteiger charge is 2.16. The number of nitrogens with two attached hydrogens (primary N) is 1. The zero-order valence-electron chi connectivity index (χ0n) is 10.5. The molecule has 0 fully saturated rings. The monoisotopic (exact) mass is 251 g/mol. The van der Waals surface area contributed by atoms with Gasteiger partial charge in [-0.15, -0.1) is 0 Å². The number of carbonyl (C=O) groups excluding carboxylic acids is 1. The quantitative estimate of drug-likeness (QED) is 0.559. The van der Waals surface area contributed by atoms with E-state index in [-0.39, 0.29) is 5.78 Å². The van der Waals surface area contributed by atoms with E-state index in [1.807, 2.05) is 37.3 Å². The van der Waals surface area contributed by atoms with Crippen molar-refractivity contribution in [1.29, 1.82) is 0 Å². The molecule has 94 valence electrons. The molecule has 3 heteroatoms. The van der Waals surface area contributed by atoms with E-state index in [4.69, 9.17) is 10.2 Å². The third kappa shape index (κ3) is 1.99. The second-order valence-corrected chi connectivity index (χ2v) is 4.57. The largest absolute Gasteiger partial charge is 0.453 e. The lowest BCUT2D eigenvalue weighted by Gasteiger charge is -2.03. The topological polar surface area (TPSA) is 56.2 Å². The Kier molecular flexibility index (Phi) is 2.60. The molecule has 3 aromatic rings. The molecule has 0 aliphatic rings. The predicted octanol–water partition coefficient (Wildman–Crippen LogP) is 3.55. The maximum atomic E-state index is 12.4. The number of para-hydroxylation sites is 1. The molecule has 3 rings (SSSR count). The number of ketones is 1. The summed E-state index contributed by atoms with van der Waals surface area (Å²) in [4.78, 5) is 12.4. The molecule has 0 aliphatic carbocycles. The SMILES string of the molecule is Cc1ccc(N)c(C(=O)c2cc3ccccc3o2)c1. The van der Waals surface area contributed by atoms with Crippen LogP contribution in [0, 0.1) is 6.92 Å². The van der Waals surface area contributed by atoms with Gasteiger partial charge in [0.05, 0.1) is 0 Å². The first-order valence-electron chi connectivity index (χ1n) is 6.04. The Morgan fingerprint density at radius 2 is 1.89 bits per heavy atom. The van der Waals surface area contributed by atoms with E-state index in [9.17, 15) is 4.79 Å². The van der Waals surface area contributed by atoms with Crippen molar-refractivity contribution in [1.82, 2.24) is 0 Å². The average Bonchev–Trinajstić information content (AvgIpc) is 2.84. The van der Waals surface area contributed by atoms with Gasteiger partial charge in [-0.2, -0.15) is 0 Å². The van der Waals surface area contributed by atoms with Gasteiger partial charge in [0.1, 0.15) is 5.58 Å². The number of aryl methyl sites for hydroxylation is 1. The summed E-state index contributed by atoms with van der Waals surface area (Å²) in [5, 5.41) is 0.914. The highest BCUT2D eigenvalue weighted by atomic mass is 16.3. The number of anilines is 1. The highest BCUT2D eigenvalue weighted by Crippen LogP contribution is 2.23. The first-order valence-corrected chi connectivity index (χ1v) is 6.04. The molecule has 1 aromatic heterocycles. The summed E-state index contributed by atoms with van der Waals surface area (Å²) in [7, 11) is 0. The van der Waals surface area contributed by atoms with Crippen LogP contribution in [0.2, 0.25) is 0 Å². The van der Waals surface area contributed by atoms with Crippen LogP contribution in [0.4, 0.5) is 5.69 Å². The first kappa shape index (κ1) is 11.5. The van der Waals surface area contributed by atoms with Crippen LogP contribution in [0.1, 0.15) is 21.7 Å². The lowest BCUT2D eigenvalue weighted by molar-refractivity contribution is 0.101. The zero-order valence-corrected chi connectivity index (χ0v) is 10.5. The third-order valence-corrected chi connectivity index (χ3v) is 3.10. The van der Waals surface area contributed by atoms with E-state index in [1.165, 1.54) is 0 Å². The summed E-state index contributed by atoms with van der Waals surface area (Å²) in [6.07, 6.45) is 0. The molecule has 3 nitrogen and oxygen atoms in total. The number of fused-ring (bicyclic) bond motifs is 1. The summed E-state index contributed by atoms with van der Waals surface area (Å²) in [5.41, 5.74) is 8.51. The normalized spacial score (nSPS) is 10.8. The average molecular weight is 251 g/mol. The summed E-state index contributed by atoms with van der Waals surface area (Å²) >= 11 is 0. The summed E-state index contributed by atoms with van der Waals surface area (Å²) < 4.78 is 5.57. The molecule has 0 bridgehead atoms. The maximum absolute atomic E-state index is 12.4. The smallest absolute Gasteiger partial charge is 0.230 e. The fraction of sp³-hybridized carbons (Fsp3) is 0.0625. The Morgan fingerprint density at radius 3 is 2.68 bits per heavy atom. The minimum absolute atomic E-state index is 0.183. The lowest BCUT2D eigenvalue weighted by atomic mass is 10.0. The van der Waals surface area contributed by atoms with Crippen molar-refractivity contribution in [3.63, 3.8) is 0 Å². The van der Waals surface area contributed by atoms with Gasteiger partial charge in [0.25, 0.3) is 0 Å². The van der Waals surface area contributed by atoms with Crippen LogP contribution in [-0.2, 0) is 0 Å². The minimum atomic E-state index is -0.183. The van der Waals surface area contributed by atoms with Gasteiger partial charge in [0.2, 0.25) is 5.78 Å². The van der Waals surface area contributed by atoms with Crippen molar-refractivity contribution in [2.24, 2.45) is 0 Å². The van der Waals surface area contributed by atoms with Gasteiger partial charge in [-0.25, -0.2) is 0 Å². The van der Waals surface area contributed by atoms with Gasteiger partial charge in [0, 0.05) is 16.6 Å². The van der Waals surface area contributed by atoms with Crippen molar-refractivity contribution in [2.75, 3.05) is 5.73 Å². The molecular formula is C16H13NO2. The Balaban J connectivity index is 2.10. The van der Waals surface area contributed by atoms with E-state index in [0.717, 1.165) is 10.9 Å². The van der Waals surface area contributed by atoms with Crippen LogP contribution in [-0.4, -0.2) is 5.78 Å². The van der Waals surface area contributed by atoms with Crippen molar-refractivity contribution < 1.29 is 9.21 Å². The van der Waals surface area contributed by atoms with E-state index < -0.39 is 0 Å². The van der Waals surface area contributed by atoms with Crippen molar-refractivity contribution in [3.05, 3.63) is 65.4 Å². The standard InChI is InChI=1S/C16H13NO2/c1-10-6-7-13(17)12(8-10)16(18)15-9-11-4-2-3-5-14(11)19-15/h2-9H,17H2,1H3. The number of carbonyl (C=O) groups is 1. The van der Waals surface area contributed by atoms with Crippen LogP contribution < -0.4 is 5.73 Å². The molecule has 0 spiro atoms. The second kappa shape index (κ2) is 4.28. The van der Waals surface area contributed by atoms with E-state index in [0.29, 0.717) is 22.6 Å². The van der Waals surface area contributed by atoms with E-state index in [2.05, 4.69) is 0 Å². The zero-order chi connectivity index (χ0) is 13.4. The fourth-order valence-corrected chi connectivity index (χ4v) is 2.09. The minimum Gasteiger partial charge on any atom is -0.453 e. The van der Waals surface area contributed by atoms with Crippen molar-refractivity contribution in [3.8, 4) is 0 Å².